The molecule has 0 aliphatic rings. The highest BCUT2D eigenvalue weighted by molar-refractivity contribution is 7.98. The van der Waals surface area contributed by atoms with E-state index in [1.807, 2.05) is 19.4 Å². The van der Waals surface area contributed by atoms with Gasteiger partial charge in [-0.15, -0.1) is 11.8 Å². The highest BCUT2D eigenvalue weighted by atomic mass is 32.2. The Morgan fingerprint density at radius 1 is 1.35 bits per heavy atom. The fourth-order valence-corrected chi connectivity index (χ4v) is 2.31. The zero-order valence-electron chi connectivity index (χ0n) is 10.2. The molecule has 1 N–H and O–H groups in total. The van der Waals surface area contributed by atoms with E-state index in [2.05, 4.69) is 45.4 Å². The quantitative estimate of drug-likeness (QED) is 0.824. The van der Waals surface area contributed by atoms with Crippen LogP contribution in [0.4, 0.5) is 5.69 Å². The van der Waals surface area contributed by atoms with Crippen LogP contribution in [-0.4, -0.2) is 22.4 Å². The summed E-state index contributed by atoms with van der Waals surface area (Å²) in [6, 6.07) is 8.37. The van der Waals surface area contributed by atoms with Crippen molar-refractivity contribution in [2.24, 2.45) is 7.05 Å². The molecular formula is C13H17N3S. The number of hydrogen-bond donors (Lipinski definition) is 1. The molecule has 1 heterocycles. The molecule has 0 aliphatic carbocycles. The zero-order valence-corrected chi connectivity index (χ0v) is 11.0. The van der Waals surface area contributed by atoms with Gasteiger partial charge in [-0.1, -0.05) is 12.1 Å². The van der Waals surface area contributed by atoms with Gasteiger partial charge in [0.15, 0.2) is 0 Å². The molecule has 1 aromatic heterocycles. The average Bonchev–Trinajstić information content (AvgIpc) is 2.76. The van der Waals surface area contributed by atoms with Crippen LogP contribution in [0.2, 0.25) is 0 Å². The average molecular weight is 247 g/mol. The Labute approximate surface area is 106 Å². The monoisotopic (exact) mass is 247 g/mol. The van der Waals surface area contributed by atoms with E-state index in [9.17, 15) is 0 Å². The third kappa shape index (κ3) is 3.03. The summed E-state index contributed by atoms with van der Waals surface area (Å²) in [6.45, 7) is 0.905. The van der Waals surface area contributed by atoms with Gasteiger partial charge >= 0.3 is 0 Å². The summed E-state index contributed by atoms with van der Waals surface area (Å²) >= 11 is 1.76. The van der Waals surface area contributed by atoms with Crippen LogP contribution in [0.5, 0.6) is 0 Å². The van der Waals surface area contributed by atoms with Gasteiger partial charge in [0.25, 0.3) is 0 Å². The molecule has 0 radical (unpaired) electrons. The SMILES string of the molecule is CSc1ccccc1NCCc1nccn1C. The van der Waals surface area contributed by atoms with Gasteiger partial charge in [0, 0.05) is 43.0 Å². The van der Waals surface area contributed by atoms with Gasteiger partial charge in [0.05, 0.1) is 0 Å². The van der Waals surface area contributed by atoms with Gasteiger partial charge in [-0.2, -0.15) is 0 Å². The molecule has 17 heavy (non-hydrogen) atoms. The highest BCUT2D eigenvalue weighted by Gasteiger charge is 2.01. The van der Waals surface area contributed by atoms with Crippen LogP contribution in [-0.2, 0) is 13.5 Å². The number of benzene rings is 1. The number of rotatable bonds is 5. The maximum Gasteiger partial charge on any atom is 0.110 e. The van der Waals surface area contributed by atoms with Crippen LogP contribution in [0.1, 0.15) is 5.82 Å². The largest absolute Gasteiger partial charge is 0.384 e. The number of hydrogen-bond acceptors (Lipinski definition) is 3. The molecule has 0 aliphatic heterocycles. The van der Waals surface area contributed by atoms with Gasteiger partial charge in [-0.3, -0.25) is 0 Å². The van der Waals surface area contributed by atoms with E-state index in [1.165, 1.54) is 10.6 Å². The number of thioether (sulfide) groups is 1. The van der Waals surface area contributed by atoms with Crippen LogP contribution >= 0.6 is 11.8 Å². The molecule has 2 rings (SSSR count). The lowest BCUT2D eigenvalue weighted by Gasteiger charge is -2.10. The van der Waals surface area contributed by atoms with Crippen LogP contribution in [0.15, 0.2) is 41.6 Å². The number of nitrogens with zero attached hydrogens (tertiary/aromatic N) is 2. The second kappa shape index (κ2) is 5.77. The molecule has 0 bridgehead atoms. The minimum Gasteiger partial charge on any atom is -0.384 e. The van der Waals surface area contributed by atoms with Crippen molar-refractivity contribution in [1.82, 2.24) is 9.55 Å². The van der Waals surface area contributed by atoms with E-state index in [0.717, 1.165) is 18.8 Å². The maximum atomic E-state index is 4.31. The molecule has 0 amide bonds. The summed E-state index contributed by atoms with van der Waals surface area (Å²) in [4.78, 5) is 5.59. The Bertz CT molecular complexity index is 479. The van der Waals surface area contributed by atoms with Gasteiger partial charge in [0.1, 0.15) is 5.82 Å². The van der Waals surface area contributed by atoms with Crippen molar-refractivity contribution in [3.8, 4) is 0 Å². The van der Waals surface area contributed by atoms with Crippen LogP contribution < -0.4 is 5.32 Å². The fraction of sp³-hybridized carbons (Fsp3) is 0.308. The van der Waals surface area contributed by atoms with Crippen molar-refractivity contribution < 1.29 is 0 Å². The Balaban J connectivity index is 1.92. The molecule has 0 fully saturated rings. The van der Waals surface area contributed by atoms with Gasteiger partial charge in [0.2, 0.25) is 0 Å². The number of para-hydroxylation sites is 1. The van der Waals surface area contributed by atoms with E-state index >= 15 is 0 Å². The third-order valence-corrected chi connectivity index (χ3v) is 3.49. The van der Waals surface area contributed by atoms with Crippen molar-refractivity contribution in [3.63, 3.8) is 0 Å². The summed E-state index contributed by atoms with van der Waals surface area (Å²) in [5, 5.41) is 3.46. The summed E-state index contributed by atoms with van der Waals surface area (Å²) < 4.78 is 2.06. The first-order chi connectivity index (χ1) is 8.31. The Morgan fingerprint density at radius 3 is 2.88 bits per heavy atom. The summed E-state index contributed by atoms with van der Waals surface area (Å²) in [5.41, 5.74) is 1.20. The van der Waals surface area contributed by atoms with E-state index in [0.29, 0.717) is 0 Å². The van der Waals surface area contributed by atoms with Crippen molar-refractivity contribution in [2.45, 2.75) is 11.3 Å². The molecule has 0 spiro atoms. The number of anilines is 1. The van der Waals surface area contributed by atoms with Crippen LogP contribution in [0.3, 0.4) is 0 Å². The van der Waals surface area contributed by atoms with E-state index in [1.54, 1.807) is 11.8 Å². The summed E-state index contributed by atoms with van der Waals surface area (Å²) in [6.07, 6.45) is 6.85. The van der Waals surface area contributed by atoms with Gasteiger partial charge < -0.3 is 9.88 Å². The lowest BCUT2D eigenvalue weighted by molar-refractivity contribution is 0.789. The Kier molecular flexibility index (Phi) is 4.09. The van der Waals surface area contributed by atoms with Crippen molar-refractivity contribution in [2.75, 3.05) is 18.1 Å². The fourth-order valence-electron chi connectivity index (χ4n) is 1.74. The normalized spacial score (nSPS) is 10.5. The van der Waals surface area contributed by atoms with Crippen molar-refractivity contribution >= 4 is 17.4 Å². The smallest absolute Gasteiger partial charge is 0.110 e. The van der Waals surface area contributed by atoms with Crippen LogP contribution in [0.25, 0.3) is 0 Å². The standard InChI is InChI=1S/C13H17N3S/c1-16-10-9-15-13(16)7-8-14-11-5-3-4-6-12(11)17-2/h3-6,9-10,14H,7-8H2,1-2H3. The molecule has 0 saturated heterocycles. The molecule has 90 valence electrons. The Morgan fingerprint density at radius 2 is 2.18 bits per heavy atom. The second-order valence-corrected chi connectivity index (χ2v) is 4.68. The lowest BCUT2D eigenvalue weighted by Crippen LogP contribution is -2.09. The predicted octanol–water partition coefficient (Wildman–Crippen LogP) is 2.80. The Hall–Kier alpha value is -1.42. The molecule has 4 heteroatoms. The maximum absolute atomic E-state index is 4.31. The van der Waals surface area contributed by atoms with Crippen molar-refractivity contribution in [1.29, 1.82) is 0 Å². The molecule has 0 saturated carbocycles. The van der Waals surface area contributed by atoms with Gasteiger partial charge in [-0.25, -0.2) is 4.98 Å². The van der Waals surface area contributed by atoms with Crippen molar-refractivity contribution in [3.05, 3.63) is 42.5 Å². The number of aryl methyl sites for hydroxylation is 1. The highest BCUT2D eigenvalue weighted by Crippen LogP contribution is 2.24. The second-order valence-electron chi connectivity index (χ2n) is 3.83. The van der Waals surface area contributed by atoms with Gasteiger partial charge in [-0.05, 0) is 18.4 Å². The molecule has 2 aromatic rings. The molecule has 0 atom stereocenters. The lowest BCUT2D eigenvalue weighted by atomic mass is 10.3. The van der Waals surface area contributed by atoms with E-state index < -0.39 is 0 Å². The topological polar surface area (TPSA) is 29.9 Å². The zero-order chi connectivity index (χ0) is 12.1. The number of imidazole rings is 1. The summed E-state index contributed by atoms with van der Waals surface area (Å²) in [5.74, 6) is 1.11. The molecular weight excluding hydrogens is 230 g/mol. The molecule has 0 unspecified atom stereocenters. The third-order valence-electron chi connectivity index (χ3n) is 2.69. The first-order valence-corrected chi connectivity index (χ1v) is 6.87. The van der Waals surface area contributed by atoms with E-state index in [-0.39, 0.29) is 0 Å². The molecule has 1 aromatic carbocycles. The minimum atomic E-state index is 0.905. The summed E-state index contributed by atoms with van der Waals surface area (Å²) in [7, 11) is 2.03. The molecule has 3 nitrogen and oxygen atoms in total. The number of nitrogens with one attached hydrogen (secondary N) is 1. The first kappa shape index (κ1) is 12.0. The minimum absolute atomic E-state index is 0.905. The number of aromatic nitrogens is 2. The predicted molar refractivity (Wildman–Crippen MR) is 73.6 cm³/mol. The van der Waals surface area contributed by atoms with E-state index in [4.69, 9.17) is 0 Å². The first-order valence-electron chi connectivity index (χ1n) is 5.64. The van der Waals surface area contributed by atoms with Crippen LogP contribution in [0, 0.1) is 0 Å².